The molecule has 2 saturated carbocycles. The maximum atomic E-state index is 12.3. The van der Waals surface area contributed by atoms with Crippen LogP contribution in [0.2, 0.25) is 0 Å². The van der Waals surface area contributed by atoms with Crippen molar-refractivity contribution in [3.8, 4) is 0 Å². The smallest absolute Gasteiger partial charge is 0.319 e. The highest BCUT2D eigenvalue weighted by Gasteiger charge is 2.42. The van der Waals surface area contributed by atoms with Crippen molar-refractivity contribution in [1.82, 2.24) is 10.2 Å². The van der Waals surface area contributed by atoms with Crippen LogP contribution >= 0.6 is 0 Å². The molecule has 5 heteroatoms. The topological polar surface area (TPSA) is 61.4 Å². The Hall–Kier alpha value is -2.04. The molecule has 0 unspecified atom stereocenters. The predicted octanol–water partition coefficient (Wildman–Crippen LogP) is 3.33. The summed E-state index contributed by atoms with van der Waals surface area (Å²) in [7, 11) is 3.43. The molecular weight excluding hydrogens is 302 g/mol. The van der Waals surface area contributed by atoms with Crippen LogP contribution in [0.15, 0.2) is 24.3 Å². The standard InChI is InChI=1S/C19H27N3O2/c1-12(17-10-13-7-8-14(17)9-13)20-19(24)21-16-6-4-5-15(11-16)18(23)22(2)3/h4-6,11-14,17H,7-10H2,1-3H3,(H2,20,21,24)/t12-,13+,14+,17+/m0/s1. The summed E-state index contributed by atoms with van der Waals surface area (Å²) in [6.45, 7) is 2.11. The van der Waals surface area contributed by atoms with Crippen LogP contribution in [0.1, 0.15) is 43.0 Å². The van der Waals surface area contributed by atoms with Gasteiger partial charge in [0.1, 0.15) is 0 Å². The number of urea groups is 1. The molecular formula is C19H27N3O2. The average Bonchev–Trinajstić information content (AvgIpc) is 3.17. The highest BCUT2D eigenvalue weighted by atomic mass is 16.2. The molecule has 2 N–H and O–H groups in total. The summed E-state index contributed by atoms with van der Waals surface area (Å²) in [4.78, 5) is 25.8. The van der Waals surface area contributed by atoms with Crippen LogP contribution in [0.4, 0.5) is 10.5 Å². The quantitative estimate of drug-likeness (QED) is 0.890. The molecule has 130 valence electrons. The van der Waals surface area contributed by atoms with Gasteiger partial charge in [0.25, 0.3) is 5.91 Å². The second-order valence-corrected chi connectivity index (χ2v) is 7.51. The van der Waals surface area contributed by atoms with Crippen molar-refractivity contribution in [2.24, 2.45) is 17.8 Å². The minimum absolute atomic E-state index is 0.0746. The van der Waals surface area contributed by atoms with Gasteiger partial charge in [-0.15, -0.1) is 0 Å². The van der Waals surface area contributed by atoms with Gasteiger partial charge < -0.3 is 15.5 Å². The predicted molar refractivity (Wildman–Crippen MR) is 95.0 cm³/mol. The van der Waals surface area contributed by atoms with Crippen molar-refractivity contribution in [1.29, 1.82) is 0 Å². The summed E-state index contributed by atoms with van der Waals surface area (Å²) >= 11 is 0. The lowest BCUT2D eigenvalue weighted by atomic mass is 9.84. The first-order valence-electron chi connectivity index (χ1n) is 8.83. The third kappa shape index (κ3) is 3.55. The van der Waals surface area contributed by atoms with E-state index in [1.807, 2.05) is 0 Å². The molecule has 3 rings (SSSR count). The number of anilines is 1. The molecule has 0 heterocycles. The number of fused-ring (bicyclic) bond motifs is 2. The zero-order chi connectivity index (χ0) is 17.3. The highest BCUT2D eigenvalue weighted by molar-refractivity contribution is 5.96. The fraction of sp³-hybridized carbons (Fsp3) is 0.579. The van der Waals surface area contributed by atoms with Gasteiger partial charge in [-0.05, 0) is 62.1 Å². The van der Waals surface area contributed by atoms with Crippen LogP contribution < -0.4 is 10.6 Å². The summed E-state index contributed by atoms with van der Waals surface area (Å²) in [5, 5.41) is 5.93. The minimum Gasteiger partial charge on any atom is -0.345 e. The van der Waals surface area contributed by atoms with Crippen LogP contribution in [0.3, 0.4) is 0 Å². The second kappa shape index (κ2) is 6.83. The van der Waals surface area contributed by atoms with Crippen LogP contribution in [0.25, 0.3) is 0 Å². The number of carbonyl (C=O) groups excluding carboxylic acids is 2. The Labute approximate surface area is 143 Å². The SMILES string of the molecule is C[C@H](NC(=O)Nc1cccc(C(=O)N(C)C)c1)[C@H]1C[C@@H]2CC[C@@H]1C2. The molecule has 0 spiro atoms. The Morgan fingerprint density at radius 1 is 1.21 bits per heavy atom. The Morgan fingerprint density at radius 2 is 2.00 bits per heavy atom. The van der Waals surface area contributed by atoms with Crippen molar-refractivity contribution < 1.29 is 9.59 Å². The van der Waals surface area contributed by atoms with Gasteiger partial charge >= 0.3 is 6.03 Å². The normalized spacial score (nSPS) is 26.0. The van der Waals surface area contributed by atoms with E-state index in [1.165, 1.54) is 30.6 Å². The molecule has 4 atom stereocenters. The van der Waals surface area contributed by atoms with E-state index in [0.717, 1.165) is 11.8 Å². The molecule has 0 aromatic heterocycles. The van der Waals surface area contributed by atoms with Gasteiger partial charge in [0, 0.05) is 31.4 Å². The van der Waals surface area contributed by atoms with Gasteiger partial charge in [-0.1, -0.05) is 12.5 Å². The third-order valence-corrected chi connectivity index (χ3v) is 5.57. The number of nitrogens with one attached hydrogen (secondary N) is 2. The summed E-state index contributed by atoms with van der Waals surface area (Å²) < 4.78 is 0. The fourth-order valence-electron chi connectivity index (χ4n) is 4.38. The lowest BCUT2D eigenvalue weighted by molar-refractivity contribution is 0.0827. The molecule has 2 aliphatic rings. The Bertz CT molecular complexity index is 629. The van der Waals surface area contributed by atoms with E-state index >= 15 is 0 Å². The van der Waals surface area contributed by atoms with Gasteiger partial charge in [0.2, 0.25) is 0 Å². The summed E-state index contributed by atoms with van der Waals surface area (Å²) in [6.07, 6.45) is 5.27. The molecule has 0 radical (unpaired) electrons. The van der Waals surface area contributed by atoms with Gasteiger partial charge in [-0.2, -0.15) is 0 Å². The highest BCUT2D eigenvalue weighted by Crippen LogP contribution is 2.49. The third-order valence-electron chi connectivity index (χ3n) is 5.57. The number of rotatable bonds is 4. The van der Waals surface area contributed by atoms with Crippen LogP contribution in [-0.4, -0.2) is 37.0 Å². The molecule has 2 fully saturated rings. The lowest BCUT2D eigenvalue weighted by Crippen LogP contribution is -2.42. The van der Waals surface area contributed by atoms with Crippen molar-refractivity contribution in [2.75, 3.05) is 19.4 Å². The number of hydrogen-bond acceptors (Lipinski definition) is 2. The zero-order valence-electron chi connectivity index (χ0n) is 14.7. The Kier molecular flexibility index (Phi) is 4.78. The molecule has 24 heavy (non-hydrogen) atoms. The summed E-state index contributed by atoms with van der Waals surface area (Å²) in [5.41, 5.74) is 1.21. The molecule has 2 aliphatic carbocycles. The van der Waals surface area contributed by atoms with Gasteiger partial charge in [-0.25, -0.2) is 4.79 Å². The van der Waals surface area contributed by atoms with Crippen molar-refractivity contribution in [2.45, 2.75) is 38.6 Å². The Balaban J connectivity index is 1.57. The monoisotopic (exact) mass is 329 g/mol. The lowest BCUT2D eigenvalue weighted by Gasteiger charge is -2.28. The second-order valence-electron chi connectivity index (χ2n) is 7.51. The van der Waals surface area contributed by atoms with Crippen LogP contribution in [-0.2, 0) is 0 Å². The molecule has 1 aromatic carbocycles. The number of benzene rings is 1. The molecule has 0 aliphatic heterocycles. The van der Waals surface area contributed by atoms with E-state index in [0.29, 0.717) is 17.2 Å². The molecule has 5 nitrogen and oxygen atoms in total. The van der Waals surface area contributed by atoms with Crippen molar-refractivity contribution in [3.63, 3.8) is 0 Å². The molecule has 2 bridgehead atoms. The molecule has 0 saturated heterocycles. The summed E-state index contributed by atoms with van der Waals surface area (Å²) in [5.74, 6) is 2.19. The number of amides is 3. The van der Waals surface area contributed by atoms with Gasteiger partial charge in [0.05, 0.1) is 0 Å². The largest absolute Gasteiger partial charge is 0.345 e. The van der Waals surface area contributed by atoms with E-state index in [9.17, 15) is 9.59 Å². The van der Waals surface area contributed by atoms with Gasteiger partial charge in [-0.3, -0.25) is 4.79 Å². The first-order valence-corrected chi connectivity index (χ1v) is 8.83. The van der Waals surface area contributed by atoms with Crippen molar-refractivity contribution in [3.05, 3.63) is 29.8 Å². The van der Waals surface area contributed by atoms with E-state index in [1.54, 1.807) is 38.4 Å². The average molecular weight is 329 g/mol. The first kappa shape index (κ1) is 16.8. The van der Waals surface area contributed by atoms with E-state index in [4.69, 9.17) is 0 Å². The molecule has 3 amide bonds. The van der Waals surface area contributed by atoms with Crippen LogP contribution in [0, 0.1) is 17.8 Å². The van der Waals surface area contributed by atoms with E-state index in [2.05, 4.69) is 17.6 Å². The minimum atomic E-state index is -0.195. The Morgan fingerprint density at radius 3 is 2.62 bits per heavy atom. The zero-order valence-corrected chi connectivity index (χ0v) is 14.7. The summed E-state index contributed by atoms with van der Waals surface area (Å²) in [6, 6.07) is 7.04. The maximum absolute atomic E-state index is 12.3. The number of hydrogen-bond donors (Lipinski definition) is 2. The van der Waals surface area contributed by atoms with Gasteiger partial charge in [0.15, 0.2) is 0 Å². The fourth-order valence-corrected chi connectivity index (χ4v) is 4.38. The van der Waals surface area contributed by atoms with E-state index < -0.39 is 0 Å². The first-order chi connectivity index (χ1) is 11.4. The van der Waals surface area contributed by atoms with Crippen LogP contribution in [0.5, 0.6) is 0 Å². The number of carbonyl (C=O) groups is 2. The number of nitrogens with zero attached hydrogens (tertiary/aromatic N) is 1. The van der Waals surface area contributed by atoms with Crippen molar-refractivity contribution >= 4 is 17.6 Å². The van der Waals surface area contributed by atoms with E-state index in [-0.39, 0.29) is 18.0 Å². The maximum Gasteiger partial charge on any atom is 0.319 e. The molecule has 1 aromatic rings.